The van der Waals surface area contributed by atoms with Gasteiger partial charge in [0.25, 0.3) is 0 Å². The van der Waals surface area contributed by atoms with Gasteiger partial charge in [0.2, 0.25) is 0 Å². The molecule has 4 saturated carbocycles. The monoisotopic (exact) mass is 484 g/mol. The highest BCUT2D eigenvalue weighted by Crippen LogP contribution is 2.75. The lowest BCUT2D eigenvalue weighted by Crippen LogP contribution is -2.66. The minimum absolute atomic E-state index is 0.00536. The quantitative estimate of drug-likeness (QED) is 0.431. The second-order valence-corrected chi connectivity index (χ2v) is 15.1. The molecular formula is C31H48O4. The van der Waals surface area contributed by atoms with Crippen LogP contribution in [-0.4, -0.2) is 30.1 Å². The van der Waals surface area contributed by atoms with Crippen molar-refractivity contribution in [2.45, 2.75) is 112 Å². The summed E-state index contributed by atoms with van der Waals surface area (Å²) in [4.78, 5) is 27.1. The van der Waals surface area contributed by atoms with E-state index in [1.807, 2.05) is 0 Å². The van der Waals surface area contributed by atoms with Crippen molar-refractivity contribution in [2.75, 3.05) is 7.11 Å². The van der Waals surface area contributed by atoms with Crippen LogP contribution >= 0.6 is 0 Å². The lowest BCUT2D eigenvalue weighted by atomic mass is 9.33. The Morgan fingerprint density at radius 3 is 2.26 bits per heavy atom. The van der Waals surface area contributed by atoms with Crippen molar-refractivity contribution >= 4 is 11.8 Å². The van der Waals surface area contributed by atoms with Crippen LogP contribution in [0.3, 0.4) is 0 Å². The Morgan fingerprint density at radius 1 is 0.943 bits per heavy atom. The molecule has 0 amide bonds. The molecule has 0 spiro atoms. The van der Waals surface area contributed by atoms with Gasteiger partial charge >= 0.3 is 5.97 Å². The summed E-state index contributed by atoms with van der Waals surface area (Å²) in [6.45, 7) is 16.2. The molecule has 1 N–H and O–H groups in total. The van der Waals surface area contributed by atoms with Gasteiger partial charge in [0.1, 0.15) is 0 Å². The SMILES string of the molecule is COC(=O)[C@@]1(C)CC[C@]2(C)CCC3(C)C(=CC(=O)C4[C@@]5(C)CCC(O)C(C)(C)C5CC[C@]43C)[C@@H]2C1. The van der Waals surface area contributed by atoms with Gasteiger partial charge in [-0.3, -0.25) is 9.59 Å². The minimum atomic E-state index is -0.480. The third-order valence-electron chi connectivity index (χ3n) is 13.2. The van der Waals surface area contributed by atoms with E-state index in [0.717, 1.165) is 57.8 Å². The summed E-state index contributed by atoms with van der Waals surface area (Å²) >= 11 is 0. The molecule has 5 aliphatic carbocycles. The predicted molar refractivity (Wildman–Crippen MR) is 137 cm³/mol. The molecule has 0 aromatic rings. The smallest absolute Gasteiger partial charge is 0.311 e. The van der Waals surface area contributed by atoms with Crippen molar-refractivity contribution in [1.29, 1.82) is 0 Å². The summed E-state index contributed by atoms with van der Waals surface area (Å²) in [5.74, 6) is 0.805. The van der Waals surface area contributed by atoms with E-state index in [-0.39, 0.29) is 51.0 Å². The molecular weight excluding hydrogens is 436 g/mol. The topological polar surface area (TPSA) is 63.6 Å². The van der Waals surface area contributed by atoms with Gasteiger partial charge in [-0.25, -0.2) is 0 Å². The molecule has 0 saturated heterocycles. The first kappa shape index (κ1) is 25.5. The summed E-state index contributed by atoms with van der Waals surface area (Å²) in [6, 6.07) is 0. The predicted octanol–water partition coefficient (Wildman–Crippen LogP) is 6.50. The first-order valence-corrected chi connectivity index (χ1v) is 14.1. The van der Waals surface area contributed by atoms with Crippen LogP contribution in [0.1, 0.15) is 106 Å². The Kier molecular flexibility index (Phi) is 5.43. The first-order valence-electron chi connectivity index (χ1n) is 14.1. The van der Waals surface area contributed by atoms with Crippen LogP contribution in [0.5, 0.6) is 0 Å². The fourth-order valence-electron chi connectivity index (χ4n) is 10.6. The number of aliphatic hydroxyl groups is 1. The Bertz CT molecular complexity index is 980. The maximum absolute atomic E-state index is 14.3. The number of methoxy groups -OCH3 is 1. The number of aliphatic hydroxyl groups excluding tert-OH is 1. The standard InChI is InChI=1S/C31H48O4/c1-26(2)22-9-12-31(7)24(29(22,5)11-10-23(26)33)21(32)17-19-20-18-28(4,25(34)35-8)14-13-27(20,3)15-16-30(19,31)6/h17,20,22-24,33H,9-16,18H2,1-8H3/t20-,22?,23?,24?,27+,28-,29-,30?,31+/m0/s1. The van der Waals surface area contributed by atoms with Crippen LogP contribution in [0.25, 0.3) is 0 Å². The zero-order valence-corrected chi connectivity index (χ0v) is 23.4. The van der Waals surface area contributed by atoms with Crippen LogP contribution in [0.4, 0.5) is 0 Å². The summed E-state index contributed by atoms with van der Waals surface area (Å²) in [6.07, 6.45) is 10.5. The van der Waals surface area contributed by atoms with Crippen molar-refractivity contribution in [3.63, 3.8) is 0 Å². The van der Waals surface area contributed by atoms with Gasteiger partial charge in [-0.15, -0.1) is 0 Å². The minimum Gasteiger partial charge on any atom is -0.469 e. The van der Waals surface area contributed by atoms with Crippen LogP contribution < -0.4 is 0 Å². The average Bonchev–Trinajstić information content (AvgIpc) is 2.78. The molecule has 9 atom stereocenters. The Morgan fingerprint density at radius 2 is 1.60 bits per heavy atom. The molecule has 0 aromatic carbocycles. The second kappa shape index (κ2) is 7.45. The van der Waals surface area contributed by atoms with Gasteiger partial charge in [0.05, 0.1) is 18.6 Å². The molecule has 5 rings (SSSR count). The summed E-state index contributed by atoms with van der Waals surface area (Å²) < 4.78 is 5.25. The highest BCUT2D eigenvalue weighted by atomic mass is 16.5. The van der Waals surface area contributed by atoms with E-state index >= 15 is 0 Å². The Labute approximate surface area is 212 Å². The number of fused-ring (bicyclic) bond motifs is 7. The van der Waals surface area contributed by atoms with Gasteiger partial charge < -0.3 is 9.84 Å². The molecule has 196 valence electrons. The lowest BCUT2D eigenvalue weighted by molar-refractivity contribution is -0.202. The largest absolute Gasteiger partial charge is 0.469 e. The van der Waals surface area contributed by atoms with Gasteiger partial charge in [-0.1, -0.05) is 47.1 Å². The number of ketones is 1. The van der Waals surface area contributed by atoms with E-state index in [4.69, 9.17) is 4.74 Å². The molecule has 5 aliphatic rings. The zero-order chi connectivity index (χ0) is 25.8. The second-order valence-electron chi connectivity index (χ2n) is 15.1. The van der Waals surface area contributed by atoms with E-state index in [1.54, 1.807) is 0 Å². The molecule has 4 fully saturated rings. The van der Waals surface area contributed by atoms with E-state index < -0.39 is 5.41 Å². The molecule has 0 heterocycles. The third-order valence-corrected chi connectivity index (χ3v) is 13.2. The summed E-state index contributed by atoms with van der Waals surface area (Å²) in [5, 5.41) is 10.9. The molecule has 0 aliphatic heterocycles. The maximum atomic E-state index is 14.3. The van der Waals surface area contributed by atoms with Gasteiger partial charge in [-0.05, 0) is 110 Å². The number of hydrogen-bond donors (Lipinski definition) is 1. The number of esters is 1. The third kappa shape index (κ3) is 3.07. The number of carbonyl (C=O) groups is 2. The molecule has 0 aromatic heterocycles. The molecule has 4 unspecified atom stereocenters. The fourth-order valence-corrected chi connectivity index (χ4v) is 10.6. The van der Waals surface area contributed by atoms with Crippen molar-refractivity contribution < 1.29 is 19.4 Å². The van der Waals surface area contributed by atoms with Crippen LogP contribution in [0, 0.1) is 50.2 Å². The van der Waals surface area contributed by atoms with E-state index in [9.17, 15) is 14.7 Å². The highest BCUT2D eigenvalue weighted by molar-refractivity contribution is 5.95. The van der Waals surface area contributed by atoms with E-state index in [2.05, 4.69) is 54.5 Å². The number of ether oxygens (including phenoxy) is 1. The lowest BCUT2D eigenvalue weighted by Gasteiger charge is -2.70. The Hall–Kier alpha value is -1.16. The van der Waals surface area contributed by atoms with Gasteiger partial charge in [0, 0.05) is 5.92 Å². The maximum Gasteiger partial charge on any atom is 0.311 e. The van der Waals surface area contributed by atoms with Crippen molar-refractivity contribution in [2.24, 2.45) is 50.2 Å². The average molecular weight is 485 g/mol. The number of rotatable bonds is 1. The fraction of sp³-hybridized carbons (Fsp3) is 0.871. The van der Waals surface area contributed by atoms with Gasteiger partial charge in [-0.2, -0.15) is 0 Å². The molecule has 0 bridgehead atoms. The van der Waals surface area contributed by atoms with Crippen LogP contribution in [0.2, 0.25) is 0 Å². The summed E-state index contributed by atoms with van der Waals surface area (Å²) in [5.41, 5.74) is 0.590. The zero-order valence-electron chi connectivity index (χ0n) is 23.4. The van der Waals surface area contributed by atoms with E-state index in [1.165, 1.54) is 12.7 Å². The van der Waals surface area contributed by atoms with Crippen molar-refractivity contribution in [1.82, 2.24) is 0 Å². The van der Waals surface area contributed by atoms with E-state index in [0.29, 0.717) is 11.7 Å². The molecule has 4 nitrogen and oxygen atoms in total. The van der Waals surface area contributed by atoms with Crippen LogP contribution in [0.15, 0.2) is 11.6 Å². The Balaban J connectivity index is 1.61. The molecule has 35 heavy (non-hydrogen) atoms. The van der Waals surface area contributed by atoms with Crippen LogP contribution in [-0.2, 0) is 14.3 Å². The van der Waals surface area contributed by atoms with Gasteiger partial charge in [0.15, 0.2) is 5.78 Å². The number of allylic oxidation sites excluding steroid dienone is 2. The van der Waals surface area contributed by atoms with Crippen molar-refractivity contribution in [3.05, 3.63) is 11.6 Å². The summed E-state index contributed by atoms with van der Waals surface area (Å²) in [7, 11) is 1.50. The first-order chi connectivity index (χ1) is 16.1. The van der Waals surface area contributed by atoms with Crippen molar-refractivity contribution in [3.8, 4) is 0 Å². The number of hydrogen-bond acceptors (Lipinski definition) is 4. The molecule has 0 radical (unpaired) electrons. The highest BCUT2D eigenvalue weighted by Gasteiger charge is 2.70. The normalized spacial score (nSPS) is 52.8. The molecule has 4 heteroatoms. The number of carbonyl (C=O) groups excluding carboxylic acids is 2.